The van der Waals surface area contributed by atoms with Crippen molar-refractivity contribution in [3.63, 3.8) is 0 Å². The number of nitrogens with zero attached hydrogens (tertiary/aromatic N) is 2. The first-order valence-electron chi connectivity index (χ1n) is 5.58. The maximum Gasteiger partial charge on any atom is 0.269 e. The number of amides is 1. The van der Waals surface area contributed by atoms with Crippen molar-refractivity contribution in [2.24, 2.45) is 0 Å². The topological polar surface area (TPSA) is 54.9 Å². The smallest absolute Gasteiger partial charge is 0.269 e. The first-order chi connectivity index (χ1) is 9.00. The number of aromatic nitrogens is 2. The molecule has 0 bridgehead atoms. The van der Waals surface area contributed by atoms with Crippen molar-refractivity contribution in [1.29, 1.82) is 0 Å². The van der Waals surface area contributed by atoms with E-state index in [1.807, 2.05) is 36.4 Å². The molecule has 0 saturated carbocycles. The summed E-state index contributed by atoms with van der Waals surface area (Å²) >= 11 is 2.91. The van der Waals surface area contributed by atoms with E-state index < -0.39 is 0 Å². The van der Waals surface area contributed by atoms with E-state index in [-0.39, 0.29) is 17.6 Å². The third-order valence-corrected chi connectivity index (χ3v) is 4.30. The predicted molar refractivity (Wildman–Crippen MR) is 81.1 cm³/mol. The van der Waals surface area contributed by atoms with E-state index >= 15 is 0 Å². The fourth-order valence-corrected chi connectivity index (χ4v) is 2.72. The van der Waals surface area contributed by atoms with Gasteiger partial charge >= 0.3 is 0 Å². The molecule has 1 heterocycles. The summed E-state index contributed by atoms with van der Waals surface area (Å²) in [5.41, 5.74) is 1.11. The van der Waals surface area contributed by atoms with Crippen molar-refractivity contribution < 1.29 is 9.18 Å². The zero-order valence-corrected chi connectivity index (χ0v) is 13.3. The second kappa shape index (κ2) is 5.91. The highest BCUT2D eigenvalue weighted by Crippen LogP contribution is 2.24. The number of halogens is 2. The highest BCUT2D eigenvalue weighted by molar-refractivity contribution is 14.1. The van der Waals surface area contributed by atoms with Gasteiger partial charge < -0.3 is 5.32 Å². The number of rotatable bonds is 3. The van der Waals surface area contributed by atoms with Gasteiger partial charge in [0.25, 0.3) is 5.91 Å². The van der Waals surface area contributed by atoms with Crippen LogP contribution in [0.1, 0.15) is 35.1 Å². The first kappa shape index (κ1) is 14.3. The lowest BCUT2D eigenvalue weighted by Gasteiger charge is -2.08. The van der Waals surface area contributed by atoms with Crippen molar-refractivity contribution >= 4 is 45.7 Å². The standard InChI is InChI=1S/C12H11FIN3OS/c1-6(2)10-11(19-17-16-10)12(18)15-8-5-3-4-7(13)9(8)14/h3-6H,1-2H3,(H,15,18). The van der Waals surface area contributed by atoms with Gasteiger partial charge in [0.15, 0.2) is 0 Å². The zero-order valence-electron chi connectivity index (χ0n) is 10.3. The Morgan fingerprint density at radius 3 is 2.89 bits per heavy atom. The molecule has 19 heavy (non-hydrogen) atoms. The molecule has 1 aromatic carbocycles. The highest BCUT2D eigenvalue weighted by atomic mass is 127. The molecular formula is C12H11FIN3OS. The van der Waals surface area contributed by atoms with Crippen LogP contribution in [0.25, 0.3) is 0 Å². The number of anilines is 1. The summed E-state index contributed by atoms with van der Waals surface area (Å²) in [7, 11) is 0. The number of nitrogens with one attached hydrogen (secondary N) is 1. The Hall–Kier alpha value is -1.09. The van der Waals surface area contributed by atoms with E-state index in [1.165, 1.54) is 6.07 Å². The maximum atomic E-state index is 13.4. The average Bonchev–Trinajstić information content (AvgIpc) is 2.84. The Morgan fingerprint density at radius 2 is 2.21 bits per heavy atom. The van der Waals surface area contributed by atoms with E-state index in [0.29, 0.717) is 19.8 Å². The number of carbonyl (C=O) groups excluding carboxylic acids is 1. The Bertz CT molecular complexity index is 615. The van der Waals surface area contributed by atoms with Crippen LogP contribution in [0.4, 0.5) is 10.1 Å². The summed E-state index contributed by atoms with van der Waals surface area (Å²) < 4.78 is 17.6. The third kappa shape index (κ3) is 3.08. The second-order valence-corrected chi connectivity index (χ2v) is 6.03. The molecule has 0 fully saturated rings. The Morgan fingerprint density at radius 1 is 1.47 bits per heavy atom. The molecule has 0 spiro atoms. The fraction of sp³-hybridized carbons (Fsp3) is 0.250. The maximum absolute atomic E-state index is 13.4. The fourth-order valence-electron chi connectivity index (χ4n) is 1.51. The molecule has 0 radical (unpaired) electrons. The summed E-state index contributed by atoms with van der Waals surface area (Å²) in [5, 5.41) is 6.64. The molecule has 0 aliphatic rings. The van der Waals surface area contributed by atoms with E-state index in [1.54, 1.807) is 12.1 Å². The first-order valence-corrected chi connectivity index (χ1v) is 7.43. The van der Waals surface area contributed by atoms with E-state index in [9.17, 15) is 9.18 Å². The van der Waals surface area contributed by atoms with E-state index in [4.69, 9.17) is 0 Å². The van der Waals surface area contributed by atoms with Gasteiger partial charge in [-0.25, -0.2) is 4.39 Å². The van der Waals surface area contributed by atoms with Gasteiger partial charge in [-0.15, -0.1) is 5.10 Å². The molecule has 0 aliphatic carbocycles. The van der Waals surface area contributed by atoms with Gasteiger partial charge in [-0.2, -0.15) is 0 Å². The van der Waals surface area contributed by atoms with Crippen LogP contribution in [0, 0.1) is 9.39 Å². The van der Waals surface area contributed by atoms with Gasteiger partial charge in [0.2, 0.25) is 0 Å². The van der Waals surface area contributed by atoms with Crippen molar-refractivity contribution in [2.75, 3.05) is 5.32 Å². The molecule has 2 rings (SSSR count). The molecule has 1 amide bonds. The molecule has 0 unspecified atom stereocenters. The van der Waals surface area contributed by atoms with Crippen LogP contribution in [-0.2, 0) is 0 Å². The van der Waals surface area contributed by atoms with Crippen molar-refractivity contribution in [3.8, 4) is 0 Å². The molecule has 1 N–H and O–H groups in total. The van der Waals surface area contributed by atoms with Crippen molar-refractivity contribution in [2.45, 2.75) is 19.8 Å². The van der Waals surface area contributed by atoms with Crippen LogP contribution in [-0.4, -0.2) is 15.5 Å². The Labute approximate surface area is 127 Å². The lowest BCUT2D eigenvalue weighted by molar-refractivity contribution is 0.102. The Kier molecular flexibility index (Phi) is 4.46. The van der Waals surface area contributed by atoms with Gasteiger partial charge in [-0.3, -0.25) is 4.79 Å². The molecule has 100 valence electrons. The number of hydrogen-bond acceptors (Lipinski definition) is 4. The van der Waals surface area contributed by atoms with E-state index in [2.05, 4.69) is 14.9 Å². The molecule has 4 nitrogen and oxygen atoms in total. The van der Waals surface area contributed by atoms with Gasteiger partial charge in [0.05, 0.1) is 15.0 Å². The summed E-state index contributed by atoms with van der Waals surface area (Å²) in [6.07, 6.45) is 0. The number of hydrogen-bond donors (Lipinski definition) is 1. The molecule has 0 aliphatic heterocycles. The summed E-state index contributed by atoms with van der Waals surface area (Å²) in [5.74, 6) is -0.543. The normalized spacial score (nSPS) is 10.8. The van der Waals surface area contributed by atoms with Gasteiger partial charge in [0, 0.05) is 0 Å². The van der Waals surface area contributed by atoms with Crippen molar-refractivity contribution in [3.05, 3.63) is 38.2 Å². The summed E-state index contributed by atoms with van der Waals surface area (Å²) in [4.78, 5) is 12.6. The SMILES string of the molecule is CC(C)c1nnsc1C(=O)Nc1cccc(F)c1I. The van der Waals surface area contributed by atoms with Crippen molar-refractivity contribution in [1.82, 2.24) is 9.59 Å². The molecular weight excluding hydrogens is 380 g/mol. The predicted octanol–water partition coefficient (Wildman–Crippen LogP) is 3.66. The van der Waals surface area contributed by atoms with Crippen LogP contribution in [0.2, 0.25) is 0 Å². The Balaban J connectivity index is 2.26. The third-order valence-electron chi connectivity index (χ3n) is 2.47. The zero-order chi connectivity index (χ0) is 14.0. The van der Waals surface area contributed by atoms with Gasteiger partial charge in [-0.05, 0) is 52.2 Å². The minimum Gasteiger partial charge on any atom is -0.320 e. The lowest BCUT2D eigenvalue weighted by atomic mass is 10.1. The molecule has 0 saturated heterocycles. The van der Waals surface area contributed by atoms with Crippen LogP contribution >= 0.6 is 34.1 Å². The van der Waals surface area contributed by atoms with E-state index in [0.717, 1.165) is 11.5 Å². The number of benzene rings is 1. The average molecular weight is 391 g/mol. The molecule has 7 heteroatoms. The van der Waals surface area contributed by atoms with Crippen LogP contribution in [0.15, 0.2) is 18.2 Å². The summed E-state index contributed by atoms with van der Waals surface area (Å²) in [6, 6.07) is 4.57. The van der Waals surface area contributed by atoms with Gasteiger partial charge in [-0.1, -0.05) is 24.4 Å². The second-order valence-electron chi connectivity index (χ2n) is 4.20. The monoisotopic (exact) mass is 391 g/mol. The molecule has 0 atom stereocenters. The van der Waals surface area contributed by atoms with Crippen LogP contribution in [0.3, 0.4) is 0 Å². The minimum atomic E-state index is -0.357. The molecule has 2 aromatic rings. The quantitative estimate of drug-likeness (QED) is 0.813. The number of carbonyl (C=O) groups is 1. The highest BCUT2D eigenvalue weighted by Gasteiger charge is 2.19. The lowest BCUT2D eigenvalue weighted by Crippen LogP contribution is -2.14. The summed E-state index contributed by atoms with van der Waals surface area (Å²) in [6.45, 7) is 3.89. The largest absolute Gasteiger partial charge is 0.320 e. The minimum absolute atomic E-state index is 0.117. The van der Waals surface area contributed by atoms with Crippen LogP contribution in [0.5, 0.6) is 0 Å². The van der Waals surface area contributed by atoms with Gasteiger partial charge in [0.1, 0.15) is 10.7 Å². The molecule has 1 aromatic heterocycles. The van der Waals surface area contributed by atoms with Crippen LogP contribution < -0.4 is 5.32 Å².